The summed E-state index contributed by atoms with van der Waals surface area (Å²) in [7, 11) is 1.51. The molecule has 2 N–H and O–H groups in total. The summed E-state index contributed by atoms with van der Waals surface area (Å²) in [5, 5.41) is 6.40. The molecule has 32 heavy (non-hydrogen) atoms. The number of nitrogens with one attached hydrogen (secondary N) is 2. The highest BCUT2D eigenvalue weighted by atomic mass is 35.5. The average Bonchev–Trinajstić information content (AvgIpc) is 2.76. The molecule has 0 saturated carbocycles. The standard InChI is InChI=1S/C23H24Cl2N2O5/c1-4-10-31-22(28)20-13(2)26-23(29)27-21(20)14-8-9-18(19(11-14)30-3)32-12-15-16(24)6-5-7-17(15)25/h5-9,11,21H,4,10,12H2,1-3H3,(H2,26,27,29). The van der Waals surface area contributed by atoms with Gasteiger partial charge in [-0.1, -0.05) is 42.3 Å². The van der Waals surface area contributed by atoms with E-state index in [0.29, 0.717) is 50.4 Å². The minimum absolute atomic E-state index is 0.145. The number of rotatable bonds is 8. The third-order valence-electron chi connectivity index (χ3n) is 4.88. The highest BCUT2D eigenvalue weighted by Crippen LogP contribution is 2.35. The van der Waals surface area contributed by atoms with E-state index in [4.69, 9.17) is 37.4 Å². The zero-order valence-corrected chi connectivity index (χ0v) is 19.5. The Morgan fingerprint density at radius 2 is 1.84 bits per heavy atom. The first-order chi connectivity index (χ1) is 15.3. The third kappa shape index (κ3) is 5.29. The summed E-state index contributed by atoms with van der Waals surface area (Å²) < 4.78 is 16.7. The average molecular weight is 479 g/mol. The van der Waals surface area contributed by atoms with Gasteiger partial charge in [0.05, 0.1) is 25.3 Å². The zero-order chi connectivity index (χ0) is 23.3. The van der Waals surface area contributed by atoms with Gasteiger partial charge in [0.2, 0.25) is 0 Å². The van der Waals surface area contributed by atoms with E-state index in [0.717, 1.165) is 0 Å². The van der Waals surface area contributed by atoms with Gasteiger partial charge in [-0.3, -0.25) is 0 Å². The van der Waals surface area contributed by atoms with Crippen LogP contribution in [0.1, 0.15) is 37.4 Å². The lowest BCUT2D eigenvalue weighted by Crippen LogP contribution is -2.45. The van der Waals surface area contributed by atoms with E-state index in [2.05, 4.69) is 10.6 Å². The molecule has 7 nitrogen and oxygen atoms in total. The Balaban J connectivity index is 1.88. The van der Waals surface area contributed by atoms with Crippen LogP contribution in [0, 0.1) is 0 Å². The molecule has 170 valence electrons. The Labute approximate surface area is 196 Å². The monoisotopic (exact) mass is 478 g/mol. The molecule has 0 fully saturated rings. The third-order valence-corrected chi connectivity index (χ3v) is 5.59. The fraction of sp³-hybridized carbons (Fsp3) is 0.304. The molecule has 2 aromatic rings. The maximum absolute atomic E-state index is 12.7. The van der Waals surface area contributed by atoms with Gasteiger partial charge in [-0.2, -0.15) is 0 Å². The van der Waals surface area contributed by atoms with E-state index in [-0.39, 0.29) is 13.2 Å². The normalized spacial score (nSPS) is 15.7. The Morgan fingerprint density at radius 3 is 2.50 bits per heavy atom. The first-order valence-electron chi connectivity index (χ1n) is 10.0. The topological polar surface area (TPSA) is 85.9 Å². The van der Waals surface area contributed by atoms with Crippen molar-refractivity contribution >= 4 is 35.2 Å². The summed E-state index contributed by atoms with van der Waals surface area (Å²) in [6.45, 7) is 4.01. The molecule has 9 heteroatoms. The molecule has 0 spiro atoms. The molecule has 1 aliphatic rings. The molecule has 0 bridgehead atoms. The first kappa shape index (κ1) is 23.8. The molecular formula is C23H24Cl2N2O5. The van der Waals surface area contributed by atoms with Gasteiger partial charge in [0.15, 0.2) is 11.5 Å². The summed E-state index contributed by atoms with van der Waals surface area (Å²) in [6, 6.07) is 9.29. The number of urea groups is 1. The second kappa shape index (κ2) is 10.6. The fourth-order valence-corrected chi connectivity index (χ4v) is 3.80. The lowest BCUT2D eigenvalue weighted by atomic mass is 9.95. The lowest BCUT2D eigenvalue weighted by Gasteiger charge is -2.28. The predicted octanol–water partition coefficient (Wildman–Crippen LogP) is 5.16. The Kier molecular flexibility index (Phi) is 7.88. The van der Waals surface area contributed by atoms with Crippen molar-refractivity contribution in [2.45, 2.75) is 32.9 Å². The van der Waals surface area contributed by atoms with Crippen molar-refractivity contribution in [1.82, 2.24) is 10.6 Å². The van der Waals surface area contributed by atoms with Crippen LogP contribution in [0.2, 0.25) is 10.0 Å². The molecule has 0 saturated heterocycles. The number of esters is 1. The Bertz CT molecular complexity index is 1030. The SMILES string of the molecule is CCCOC(=O)C1=C(C)NC(=O)NC1c1ccc(OCc2c(Cl)cccc2Cl)c(OC)c1. The molecule has 1 unspecified atom stereocenters. The number of hydrogen-bond donors (Lipinski definition) is 2. The zero-order valence-electron chi connectivity index (χ0n) is 18.0. The van der Waals surface area contributed by atoms with Gasteiger partial charge in [-0.05, 0) is 43.2 Å². The molecule has 1 heterocycles. The van der Waals surface area contributed by atoms with E-state index in [1.54, 1.807) is 43.3 Å². The summed E-state index contributed by atoms with van der Waals surface area (Å²) in [5.74, 6) is 0.398. The van der Waals surface area contributed by atoms with Crippen molar-refractivity contribution < 1.29 is 23.8 Å². The van der Waals surface area contributed by atoms with Crippen LogP contribution in [0.3, 0.4) is 0 Å². The van der Waals surface area contributed by atoms with Crippen molar-refractivity contribution in [3.63, 3.8) is 0 Å². The van der Waals surface area contributed by atoms with Gasteiger partial charge < -0.3 is 24.8 Å². The van der Waals surface area contributed by atoms with Crippen molar-refractivity contribution in [2.24, 2.45) is 0 Å². The second-order valence-corrected chi connectivity index (χ2v) is 7.92. The second-order valence-electron chi connectivity index (χ2n) is 7.11. The van der Waals surface area contributed by atoms with Crippen molar-refractivity contribution in [1.29, 1.82) is 0 Å². The van der Waals surface area contributed by atoms with Crippen LogP contribution in [0.25, 0.3) is 0 Å². The van der Waals surface area contributed by atoms with E-state index in [1.807, 2.05) is 6.92 Å². The Morgan fingerprint density at radius 1 is 1.12 bits per heavy atom. The smallest absolute Gasteiger partial charge is 0.338 e. The number of halogens is 2. The van der Waals surface area contributed by atoms with Crippen LogP contribution in [-0.2, 0) is 16.1 Å². The number of carbonyl (C=O) groups is 2. The summed E-state index contributed by atoms with van der Waals surface area (Å²) in [4.78, 5) is 24.7. The maximum Gasteiger partial charge on any atom is 0.338 e. The van der Waals surface area contributed by atoms with Crippen molar-refractivity contribution in [2.75, 3.05) is 13.7 Å². The quantitative estimate of drug-likeness (QED) is 0.511. The van der Waals surface area contributed by atoms with Crippen LogP contribution in [0.5, 0.6) is 11.5 Å². The number of amides is 2. The number of ether oxygens (including phenoxy) is 3. The van der Waals surface area contributed by atoms with Gasteiger partial charge in [-0.25, -0.2) is 9.59 Å². The minimum atomic E-state index is -0.700. The maximum atomic E-state index is 12.7. The molecule has 0 aromatic heterocycles. The highest BCUT2D eigenvalue weighted by Gasteiger charge is 2.32. The molecule has 2 aromatic carbocycles. The van der Waals surface area contributed by atoms with Crippen LogP contribution in [0.4, 0.5) is 4.79 Å². The van der Waals surface area contributed by atoms with Gasteiger partial charge in [0.25, 0.3) is 0 Å². The van der Waals surface area contributed by atoms with E-state index in [9.17, 15) is 9.59 Å². The minimum Gasteiger partial charge on any atom is -0.493 e. The van der Waals surface area contributed by atoms with Crippen molar-refractivity contribution in [3.05, 3.63) is 68.8 Å². The number of carbonyl (C=O) groups excluding carboxylic acids is 2. The molecular weight excluding hydrogens is 455 g/mol. The van der Waals surface area contributed by atoms with E-state index in [1.165, 1.54) is 7.11 Å². The van der Waals surface area contributed by atoms with Crippen LogP contribution < -0.4 is 20.1 Å². The number of allylic oxidation sites excluding steroid dienone is 1. The molecule has 1 atom stereocenters. The summed E-state index contributed by atoms with van der Waals surface area (Å²) in [6.07, 6.45) is 0.692. The van der Waals surface area contributed by atoms with Gasteiger partial charge >= 0.3 is 12.0 Å². The molecule has 2 amide bonds. The molecule has 3 rings (SSSR count). The molecule has 0 aliphatic carbocycles. The van der Waals surface area contributed by atoms with E-state index >= 15 is 0 Å². The predicted molar refractivity (Wildman–Crippen MR) is 122 cm³/mol. The number of hydrogen-bond acceptors (Lipinski definition) is 5. The summed E-state index contributed by atoms with van der Waals surface area (Å²) >= 11 is 12.4. The largest absolute Gasteiger partial charge is 0.493 e. The first-order valence-corrected chi connectivity index (χ1v) is 10.8. The van der Waals surface area contributed by atoms with Crippen LogP contribution >= 0.6 is 23.2 Å². The van der Waals surface area contributed by atoms with E-state index < -0.39 is 18.0 Å². The van der Waals surface area contributed by atoms with Gasteiger partial charge in [0, 0.05) is 21.3 Å². The van der Waals surface area contributed by atoms with Crippen molar-refractivity contribution in [3.8, 4) is 11.5 Å². The van der Waals surface area contributed by atoms with Gasteiger partial charge in [0.1, 0.15) is 6.61 Å². The highest BCUT2D eigenvalue weighted by molar-refractivity contribution is 6.35. The number of benzene rings is 2. The van der Waals surface area contributed by atoms with Crippen LogP contribution in [-0.4, -0.2) is 25.7 Å². The lowest BCUT2D eigenvalue weighted by molar-refractivity contribution is -0.139. The molecule has 0 radical (unpaired) electrons. The van der Waals surface area contributed by atoms with Crippen LogP contribution in [0.15, 0.2) is 47.7 Å². The fourth-order valence-electron chi connectivity index (χ4n) is 3.29. The molecule has 1 aliphatic heterocycles. The number of methoxy groups -OCH3 is 1. The summed E-state index contributed by atoms with van der Waals surface area (Å²) in [5.41, 5.74) is 2.07. The Hall–Kier alpha value is -2.90. The van der Waals surface area contributed by atoms with Gasteiger partial charge in [-0.15, -0.1) is 0 Å².